The normalized spacial score (nSPS) is 17.0. The van der Waals surface area contributed by atoms with Gasteiger partial charge in [-0.2, -0.15) is 0 Å². The zero-order valence-electron chi connectivity index (χ0n) is 13.2. The highest BCUT2D eigenvalue weighted by atomic mass is 79.9. The lowest BCUT2D eigenvalue weighted by atomic mass is 10.1. The van der Waals surface area contributed by atoms with Crippen molar-refractivity contribution in [3.8, 4) is 5.75 Å². The largest absolute Gasteiger partial charge is 0.497 e. The third-order valence-corrected chi connectivity index (χ3v) is 4.52. The van der Waals surface area contributed by atoms with E-state index in [0.717, 1.165) is 15.9 Å². The molecule has 124 valence electrons. The van der Waals surface area contributed by atoms with Crippen LogP contribution in [-0.2, 0) is 9.59 Å². The van der Waals surface area contributed by atoms with Crippen molar-refractivity contribution in [1.29, 1.82) is 0 Å². The summed E-state index contributed by atoms with van der Waals surface area (Å²) in [4.78, 5) is 26.3. The van der Waals surface area contributed by atoms with Crippen molar-refractivity contribution < 1.29 is 14.3 Å². The molecule has 0 saturated carbocycles. The minimum absolute atomic E-state index is 0.0350. The molecule has 0 unspecified atom stereocenters. The van der Waals surface area contributed by atoms with E-state index in [9.17, 15) is 9.59 Å². The van der Waals surface area contributed by atoms with Crippen molar-refractivity contribution in [2.45, 2.75) is 6.42 Å². The monoisotopic (exact) mass is 388 g/mol. The van der Waals surface area contributed by atoms with Crippen LogP contribution in [0.2, 0.25) is 0 Å². The number of hydrogen-bond donors (Lipinski definition) is 1. The second kappa shape index (κ2) is 7.05. The number of nitrogens with one attached hydrogen (secondary N) is 1. The molecule has 1 heterocycles. The Kier molecular flexibility index (Phi) is 4.85. The first-order valence-corrected chi connectivity index (χ1v) is 8.37. The molecule has 3 rings (SSSR count). The van der Waals surface area contributed by atoms with Gasteiger partial charge in [0.25, 0.3) is 0 Å². The Bertz CT molecular complexity index is 744. The van der Waals surface area contributed by atoms with E-state index in [1.807, 2.05) is 24.3 Å². The van der Waals surface area contributed by atoms with Gasteiger partial charge in [-0.25, -0.2) is 0 Å². The molecule has 1 saturated heterocycles. The van der Waals surface area contributed by atoms with Gasteiger partial charge in [0.2, 0.25) is 11.8 Å². The first-order valence-electron chi connectivity index (χ1n) is 7.57. The number of rotatable bonds is 4. The molecular formula is C18H17BrN2O3. The number of amides is 2. The molecule has 0 radical (unpaired) electrons. The van der Waals surface area contributed by atoms with Gasteiger partial charge in [0.05, 0.1) is 13.0 Å². The Balaban J connectivity index is 1.66. The van der Waals surface area contributed by atoms with E-state index in [0.29, 0.717) is 12.2 Å². The summed E-state index contributed by atoms with van der Waals surface area (Å²) in [5.41, 5.74) is 1.50. The summed E-state index contributed by atoms with van der Waals surface area (Å²) in [7, 11) is 1.59. The van der Waals surface area contributed by atoms with Crippen molar-refractivity contribution in [1.82, 2.24) is 0 Å². The summed E-state index contributed by atoms with van der Waals surface area (Å²) in [6.45, 7) is 0.391. The molecule has 24 heavy (non-hydrogen) atoms. The predicted molar refractivity (Wildman–Crippen MR) is 96.2 cm³/mol. The van der Waals surface area contributed by atoms with Crippen LogP contribution in [0.25, 0.3) is 0 Å². The Morgan fingerprint density at radius 3 is 2.46 bits per heavy atom. The average Bonchev–Trinajstić information content (AvgIpc) is 2.98. The molecule has 0 aliphatic carbocycles. The number of nitrogens with zero attached hydrogens (tertiary/aromatic N) is 1. The molecule has 1 atom stereocenters. The number of carbonyl (C=O) groups is 2. The number of ether oxygens (including phenoxy) is 1. The number of halogens is 1. The molecule has 0 aromatic heterocycles. The van der Waals surface area contributed by atoms with E-state index < -0.39 is 0 Å². The molecule has 1 aliphatic rings. The number of benzene rings is 2. The second-order valence-corrected chi connectivity index (χ2v) is 6.52. The molecule has 5 nitrogen and oxygen atoms in total. The third kappa shape index (κ3) is 3.59. The molecule has 2 aromatic carbocycles. The van der Waals surface area contributed by atoms with E-state index in [1.54, 1.807) is 36.3 Å². The molecule has 2 aromatic rings. The van der Waals surface area contributed by atoms with E-state index in [4.69, 9.17) is 4.74 Å². The minimum atomic E-state index is -0.358. The zero-order valence-corrected chi connectivity index (χ0v) is 14.7. The van der Waals surface area contributed by atoms with Crippen LogP contribution in [0.5, 0.6) is 5.75 Å². The second-order valence-electron chi connectivity index (χ2n) is 5.60. The van der Waals surface area contributed by atoms with Crippen LogP contribution >= 0.6 is 15.9 Å². The number of hydrogen-bond acceptors (Lipinski definition) is 3. The van der Waals surface area contributed by atoms with E-state index in [2.05, 4.69) is 21.2 Å². The highest BCUT2D eigenvalue weighted by Crippen LogP contribution is 2.27. The summed E-state index contributed by atoms with van der Waals surface area (Å²) in [5, 5.41) is 2.86. The van der Waals surface area contributed by atoms with Crippen molar-refractivity contribution in [3.63, 3.8) is 0 Å². The van der Waals surface area contributed by atoms with Gasteiger partial charge >= 0.3 is 0 Å². The fourth-order valence-electron chi connectivity index (χ4n) is 2.67. The molecule has 1 aliphatic heterocycles. The van der Waals surface area contributed by atoms with Crippen LogP contribution in [0, 0.1) is 5.92 Å². The maximum absolute atomic E-state index is 12.4. The summed E-state index contributed by atoms with van der Waals surface area (Å²) in [6.07, 6.45) is 0.220. The summed E-state index contributed by atoms with van der Waals surface area (Å²) < 4.78 is 6.04. The number of carbonyl (C=O) groups excluding carboxylic acids is 2. The lowest BCUT2D eigenvalue weighted by Crippen LogP contribution is -2.28. The fraction of sp³-hybridized carbons (Fsp3) is 0.222. The highest BCUT2D eigenvalue weighted by Gasteiger charge is 2.35. The number of methoxy groups -OCH3 is 1. The van der Waals surface area contributed by atoms with Crippen molar-refractivity contribution in [2.75, 3.05) is 23.9 Å². The fourth-order valence-corrected chi connectivity index (χ4v) is 2.94. The summed E-state index contributed by atoms with van der Waals surface area (Å²) in [6, 6.07) is 14.6. The molecule has 0 bridgehead atoms. The summed E-state index contributed by atoms with van der Waals surface area (Å²) in [5.74, 6) is 0.189. The Morgan fingerprint density at radius 2 is 1.83 bits per heavy atom. The third-order valence-electron chi connectivity index (χ3n) is 3.99. The average molecular weight is 389 g/mol. The highest BCUT2D eigenvalue weighted by molar-refractivity contribution is 9.10. The van der Waals surface area contributed by atoms with Gasteiger partial charge in [0.15, 0.2) is 0 Å². The standard InChI is InChI=1S/C18H17BrN2O3/c1-24-16-8-4-14(5-9-16)20-18(23)12-10-17(22)21(11-12)15-6-2-13(19)3-7-15/h2-9,12H,10-11H2,1H3,(H,20,23)/t12-/m0/s1. The van der Waals surface area contributed by atoms with Gasteiger partial charge in [-0.05, 0) is 48.5 Å². The predicted octanol–water partition coefficient (Wildman–Crippen LogP) is 3.45. The molecular weight excluding hydrogens is 372 g/mol. The first kappa shape index (κ1) is 16.5. The molecule has 0 spiro atoms. The van der Waals surface area contributed by atoms with Crippen LogP contribution < -0.4 is 15.0 Å². The Labute approximate surface area is 148 Å². The first-order chi connectivity index (χ1) is 11.6. The zero-order chi connectivity index (χ0) is 17.1. The van der Waals surface area contributed by atoms with Gasteiger partial charge in [-0.15, -0.1) is 0 Å². The van der Waals surface area contributed by atoms with Crippen LogP contribution in [0.1, 0.15) is 6.42 Å². The van der Waals surface area contributed by atoms with E-state index in [-0.39, 0.29) is 24.2 Å². The number of anilines is 2. The Hall–Kier alpha value is -2.34. The van der Waals surface area contributed by atoms with Crippen LogP contribution in [0.4, 0.5) is 11.4 Å². The van der Waals surface area contributed by atoms with Gasteiger partial charge in [0.1, 0.15) is 5.75 Å². The Morgan fingerprint density at radius 1 is 1.17 bits per heavy atom. The maximum atomic E-state index is 12.4. The molecule has 6 heteroatoms. The van der Waals surface area contributed by atoms with Crippen molar-refractivity contribution in [2.24, 2.45) is 5.92 Å². The van der Waals surface area contributed by atoms with Gasteiger partial charge in [-0.1, -0.05) is 15.9 Å². The van der Waals surface area contributed by atoms with E-state index in [1.165, 1.54) is 0 Å². The van der Waals surface area contributed by atoms with Gasteiger partial charge < -0.3 is 15.0 Å². The maximum Gasteiger partial charge on any atom is 0.229 e. The van der Waals surface area contributed by atoms with Crippen molar-refractivity contribution >= 4 is 39.1 Å². The van der Waals surface area contributed by atoms with Crippen molar-refractivity contribution in [3.05, 3.63) is 53.0 Å². The van der Waals surface area contributed by atoms with Crippen LogP contribution in [0.3, 0.4) is 0 Å². The van der Waals surface area contributed by atoms with Gasteiger partial charge in [-0.3, -0.25) is 9.59 Å². The topological polar surface area (TPSA) is 58.6 Å². The molecule has 1 N–H and O–H groups in total. The molecule has 1 fully saturated rings. The van der Waals surface area contributed by atoms with Crippen LogP contribution in [-0.4, -0.2) is 25.5 Å². The quantitative estimate of drug-likeness (QED) is 0.872. The lowest BCUT2D eigenvalue weighted by molar-refractivity contribution is -0.122. The molecule has 2 amide bonds. The van der Waals surface area contributed by atoms with Crippen LogP contribution in [0.15, 0.2) is 53.0 Å². The summed E-state index contributed by atoms with van der Waals surface area (Å²) >= 11 is 3.38. The lowest BCUT2D eigenvalue weighted by Gasteiger charge is -2.16. The smallest absolute Gasteiger partial charge is 0.229 e. The van der Waals surface area contributed by atoms with Gasteiger partial charge in [0, 0.05) is 28.8 Å². The minimum Gasteiger partial charge on any atom is -0.497 e. The SMILES string of the molecule is COc1ccc(NC(=O)[C@H]2CC(=O)N(c3ccc(Br)cc3)C2)cc1. The van der Waals surface area contributed by atoms with E-state index >= 15 is 0 Å².